The zero-order valence-electron chi connectivity index (χ0n) is 10.7. The molecule has 1 saturated heterocycles. The lowest BCUT2D eigenvalue weighted by atomic mass is 9.94. The fraction of sp³-hybridized carbons (Fsp3) is 0.643. The molecule has 3 nitrogen and oxygen atoms in total. The van der Waals surface area contributed by atoms with Crippen molar-refractivity contribution < 1.29 is 0 Å². The maximum absolute atomic E-state index is 6.19. The monoisotopic (exact) mass is 265 g/mol. The molecule has 4 heteroatoms. The SMILES string of the molecule is Clc1cnccc1CN1CCNC2(CCCC2)C1. The Balaban J connectivity index is 1.68. The van der Waals surface area contributed by atoms with Crippen LogP contribution in [0.4, 0.5) is 0 Å². The molecule has 2 aliphatic rings. The van der Waals surface area contributed by atoms with E-state index in [2.05, 4.69) is 15.2 Å². The Labute approximate surface area is 114 Å². The number of halogens is 1. The topological polar surface area (TPSA) is 28.2 Å². The van der Waals surface area contributed by atoms with Crippen molar-refractivity contribution in [3.8, 4) is 0 Å². The van der Waals surface area contributed by atoms with Gasteiger partial charge in [0.2, 0.25) is 0 Å². The fourth-order valence-electron chi connectivity index (χ4n) is 3.34. The third-order valence-electron chi connectivity index (χ3n) is 4.27. The third-order valence-corrected chi connectivity index (χ3v) is 4.61. The summed E-state index contributed by atoms with van der Waals surface area (Å²) in [6.07, 6.45) is 8.97. The maximum Gasteiger partial charge on any atom is 0.0634 e. The summed E-state index contributed by atoms with van der Waals surface area (Å²) in [6, 6.07) is 2.03. The van der Waals surface area contributed by atoms with Crippen molar-refractivity contribution in [3.05, 3.63) is 29.0 Å². The van der Waals surface area contributed by atoms with E-state index in [0.29, 0.717) is 5.54 Å². The highest BCUT2D eigenvalue weighted by molar-refractivity contribution is 6.31. The van der Waals surface area contributed by atoms with Crippen LogP contribution in [-0.2, 0) is 6.54 Å². The van der Waals surface area contributed by atoms with Crippen LogP contribution in [-0.4, -0.2) is 35.1 Å². The lowest BCUT2D eigenvalue weighted by Gasteiger charge is -2.41. The maximum atomic E-state index is 6.19. The van der Waals surface area contributed by atoms with Gasteiger partial charge < -0.3 is 5.32 Å². The largest absolute Gasteiger partial charge is 0.309 e. The number of piperazine rings is 1. The lowest BCUT2D eigenvalue weighted by molar-refractivity contribution is 0.129. The van der Waals surface area contributed by atoms with E-state index in [1.54, 1.807) is 6.20 Å². The van der Waals surface area contributed by atoms with Crippen LogP contribution in [0.25, 0.3) is 0 Å². The van der Waals surface area contributed by atoms with Gasteiger partial charge in [-0.1, -0.05) is 24.4 Å². The van der Waals surface area contributed by atoms with Gasteiger partial charge in [0.15, 0.2) is 0 Å². The Morgan fingerprint density at radius 1 is 1.39 bits per heavy atom. The quantitative estimate of drug-likeness (QED) is 0.890. The summed E-state index contributed by atoms with van der Waals surface area (Å²) in [5.74, 6) is 0. The average Bonchev–Trinajstić information content (AvgIpc) is 2.80. The van der Waals surface area contributed by atoms with Crippen LogP contribution in [0.3, 0.4) is 0 Å². The minimum atomic E-state index is 0.387. The van der Waals surface area contributed by atoms with Gasteiger partial charge in [0.05, 0.1) is 5.02 Å². The van der Waals surface area contributed by atoms with Gasteiger partial charge in [-0.3, -0.25) is 9.88 Å². The zero-order chi connectivity index (χ0) is 12.4. The number of nitrogens with zero attached hydrogens (tertiary/aromatic N) is 2. The highest BCUT2D eigenvalue weighted by Gasteiger charge is 2.37. The Morgan fingerprint density at radius 3 is 3.00 bits per heavy atom. The van der Waals surface area contributed by atoms with Gasteiger partial charge in [-0.15, -0.1) is 0 Å². The Hall–Kier alpha value is -0.640. The molecule has 0 unspecified atom stereocenters. The van der Waals surface area contributed by atoms with Crippen molar-refractivity contribution >= 4 is 11.6 Å². The predicted octanol–water partition coefficient (Wildman–Crippen LogP) is 2.45. The van der Waals surface area contributed by atoms with E-state index in [0.717, 1.165) is 31.2 Å². The van der Waals surface area contributed by atoms with Crippen molar-refractivity contribution in [2.75, 3.05) is 19.6 Å². The first-order valence-electron chi connectivity index (χ1n) is 6.83. The first-order chi connectivity index (χ1) is 8.77. The zero-order valence-corrected chi connectivity index (χ0v) is 11.4. The van der Waals surface area contributed by atoms with E-state index in [9.17, 15) is 0 Å². The highest BCUT2D eigenvalue weighted by Crippen LogP contribution is 2.32. The Morgan fingerprint density at radius 2 is 2.22 bits per heavy atom. The molecule has 0 atom stereocenters. The second-order valence-corrected chi connectivity index (χ2v) is 6.00. The van der Waals surface area contributed by atoms with E-state index in [4.69, 9.17) is 11.6 Å². The smallest absolute Gasteiger partial charge is 0.0634 e. The average molecular weight is 266 g/mol. The van der Waals surface area contributed by atoms with Crippen molar-refractivity contribution in [1.82, 2.24) is 15.2 Å². The number of hydrogen-bond acceptors (Lipinski definition) is 3. The fourth-order valence-corrected chi connectivity index (χ4v) is 3.52. The summed E-state index contributed by atoms with van der Waals surface area (Å²) < 4.78 is 0. The van der Waals surface area contributed by atoms with E-state index < -0.39 is 0 Å². The minimum Gasteiger partial charge on any atom is -0.309 e. The van der Waals surface area contributed by atoms with Crippen molar-refractivity contribution in [1.29, 1.82) is 0 Å². The van der Waals surface area contributed by atoms with Gasteiger partial charge in [0.25, 0.3) is 0 Å². The number of nitrogens with one attached hydrogen (secondary N) is 1. The molecule has 1 saturated carbocycles. The molecule has 2 heterocycles. The number of pyridine rings is 1. The van der Waals surface area contributed by atoms with Crippen molar-refractivity contribution in [2.45, 2.75) is 37.8 Å². The van der Waals surface area contributed by atoms with Gasteiger partial charge in [-0.2, -0.15) is 0 Å². The Bertz CT molecular complexity index is 415. The van der Waals surface area contributed by atoms with Gasteiger partial charge in [-0.05, 0) is 24.5 Å². The molecule has 0 aromatic carbocycles. The van der Waals surface area contributed by atoms with E-state index in [1.807, 2.05) is 12.3 Å². The van der Waals surface area contributed by atoms with Gasteiger partial charge in [-0.25, -0.2) is 0 Å². The van der Waals surface area contributed by atoms with Crippen LogP contribution >= 0.6 is 11.6 Å². The molecule has 1 N–H and O–H groups in total. The van der Waals surface area contributed by atoms with Gasteiger partial charge in [0, 0.05) is 44.1 Å². The summed E-state index contributed by atoms with van der Waals surface area (Å²) in [5, 5.41) is 4.53. The molecular weight excluding hydrogens is 246 g/mol. The molecule has 1 aliphatic heterocycles. The van der Waals surface area contributed by atoms with Gasteiger partial charge >= 0.3 is 0 Å². The lowest BCUT2D eigenvalue weighted by Crippen LogP contribution is -2.58. The molecule has 0 amide bonds. The van der Waals surface area contributed by atoms with Crippen molar-refractivity contribution in [3.63, 3.8) is 0 Å². The summed E-state index contributed by atoms with van der Waals surface area (Å²) in [4.78, 5) is 6.58. The summed E-state index contributed by atoms with van der Waals surface area (Å²) in [6.45, 7) is 4.32. The second-order valence-electron chi connectivity index (χ2n) is 5.59. The molecule has 18 heavy (non-hydrogen) atoms. The number of hydrogen-bond donors (Lipinski definition) is 1. The molecule has 98 valence electrons. The van der Waals surface area contributed by atoms with E-state index >= 15 is 0 Å². The van der Waals surface area contributed by atoms with Crippen molar-refractivity contribution in [2.24, 2.45) is 0 Å². The van der Waals surface area contributed by atoms with Crippen LogP contribution in [0, 0.1) is 0 Å². The highest BCUT2D eigenvalue weighted by atomic mass is 35.5. The molecule has 1 aliphatic carbocycles. The molecule has 1 aromatic heterocycles. The van der Waals surface area contributed by atoms with Crippen LogP contribution in [0.1, 0.15) is 31.2 Å². The predicted molar refractivity (Wildman–Crippen MR) is 73.7 cm³/mol. The number of rotatable bonds is 2. The first-order valence-corrected chi connectivity index (χ1v) is 7.21. The molecule has 1 spiro atoms. The number of aromatic nitrogens is 1. The molecular formula is C14H20ClN3. The Kier molecular flexibility index (Phi) is 3.55. The van der Waals surface area contributed by atoms with Gasteiger partial charge in [0.1, 0.15) is 0 Å². The summed E-state index contributed by atoms with van der Waals surface area (Å²) in [7, 11) is 0. The van der Waals surface area contributed by atoms with Crippen LogP contribution in [0.5, 0.6) is 0 Å². The third kappa shape index (κ3) is 2.53. The van der Waals surface area contributed by atoms with E-state index in [-0.39, 0.29) is 0 Å². The second kappa shape index (κ2) is 5.16. The first kappa shape index (κ1) is 12.4. The van der Waals surface area contributed by atoms with E-state index in [1.165, 1.54) is 31.2 Å². The standard InChI is InChI=1S/C14H20ClN3/c15-13-9-16-6-3-12(13)10-18-8-7-17-14(11-18)4-1-2-5-14/h3,6,9,17H,1-2,4-5,7-8,10-11H2. The molecule has 0 radical (unpaired) electrons. The van der Waals surface area contributed by atoms with Crippen LogP contribution in [0.15, 0.2) is 18.5 Å². The van der Waals surface area contributed by atoms with Crippen LogP contribution in [0.2, 0.25) is 5.02 Å². The molecule has 3 rings (SSSR count). The molecule has 1 aromatic rings. The molecule has 0 bridgehead atoms. The minimum absolute atomic E-state index is 0.387. The normalized spacial score (nSPS) is 23.6. The summed E-state index contributed by atoms with van der Waals surface area (Å²) >= 11 is 6.19. The summed E-state index contributed by atoms with van der Waals surface area (Å²) in [5.41, 5.74) is 1.58. The van der Waals surface area contributed by atoms with Crippen LogP contribution < -0.4 is 5.32 Å². The molecule has 2 fully saturated rings.